The van der Waals surface area contributed by atoms with Crippen LogP contribution in [0.15, 0.2) is 72.9 Å². The van der Waals surface area contributed by atoms with Crippen molar-refractivity contribution in [2.75, 3.05) is 41.0 Å². The van der Waals surface area contributed by atoms with Crippen LogP contribution in [0.3, 0.4) is 0 Å². The fourth-order valence-corrected chi connectivity index (χ4v) is 6.28. The standard InChI is InChI=1S/C50H85NO7/c1-6-8-10-12-14-16-18-20-22-24-26-28-30-32-34-36-38-40-48(52)57-45-46(44-56-43-42-47(50(54)55)51(3,4)5)58-49(53)41-39-37-35-33-31-29-27-25-23-21-19-17-15-13-11-9-7-2/h9,11,15,17,20-23,27,29,33,35,46-47H,6-8,10,12-14,16,18-19,24-26,28,30-32,34,36-45H2,1-5H3/b11-9-,17-15-,22-20-,23-21-,29-27-,35-33-. The van der Waals surface area contributed by atoms with Crippen molar-refractivity contribution in [1.82, 2.24) is 0 Å². The summed E-state index contributed by atoms with van der Waals surface area (Å²) in [5.41, 5.74) is 0. The van der Waals surface area contributed by atoms with Crippen molar-refractivity contribution >= 4 is 17.9 Å². The Morgan fingerprint density at radius 3 is 1.50 bits per heavy atom. The minimum Gasteiger partial charge on any atom is -0.544 e. The van der Waals surface area contributed by atoms with Gasteiger partial charge in [0, 0.05) is 19.3 Å². The highest BCUT2D eigenvalue weighted by Gasteiger charge is 2.25. The second-order valence-corrected chi connectivity index (χ2v) is 16.3. The molecule has 0 heterocycles. The van der Waals surface area contributed by atoms with Crippen LogP contribution in [0.5, 0.6) is 0 Å². The van der Waals surface area contributed by atoms with E-state index in [-0.39, 0.29) is 49.1 Å². The van der Waals surface area contributed by atoms with Gasteiger partial charge in [0.15, 0.2) is 6.10 Å². The number of ether oxygens (including phenoxy) is 3. The molecule has 0 fully saturated rings. The van der Waals surface area contributed by atoms with Crippen LogP contribution in [0, 0.1) is 0 Å². The molecule has 0 N–H and O–H groups in total. The lowest BCUT2D eigenvalue weighted by atomic mass is 10.1. The molecule has 0 saturated carbocycles. The molecule has 0 aliphatic carbocycles. The molecule has 0 spiro atoms. The van der Waals surface area contributed by atoms with Crippen LogP contribution < -0.4 is 5.11 Å². The third kappa shape index (κ3) is 38.3. The van der Waals surface area contributed by atoms with Gasteiger partial charge in [0.25, 0.3) is 0 Å². The number of likely N-dealkylation sites (N-methyl/N-ethyl adjacent to an activating group) is 1. The van der Waals surface area contributed by atoms with E-state index in [9.17, 15) is 19.5 Å². The molecule has 0 rings (SSSR count). The van der Waals surface area contributed by atoms with Gasteiger partial charge in [0.2, 0.25) is 0 Å². The first-order valence-electron chi connectivity index (χ1n) is 23.0. The maximum atomic E-state index is 12.7. The molecule has 0 radical (unpaired) electrons. The van der Waals surface area contributed by atoms with Gasteiger partial charge in [-0.1, -0.05) is 151 Å². The third-order valence-electron chi connectivity index (χ3n) is 9.83. The first kappa shape index (κ1) is 54.8. The number of hydrogen-bond acceptors (Lipinski definition) is 7. The topological polar surface area (TPSA) is 102 Å². The Hall–Kier alpha value is -3.23. The molecule has 0 aliphatic rings. The molecule has 2 unspecified atom stereocenters. The molecule has 0 amide bonds. The fourth-order valence-electron chi connectivity index (χ4n) is 6.28. The molecule has 0 saturated heterocycles. The highest BCUT2D eigenvalue weighted by Crippen LogP contribution is 2.13. The quantitative estimate of drug-likeness (QED) is 0.0263. The van der Waals surface area contributed by atoms with E-state index in [0.29, 0.717) is 12.8 Å². The summed E-state index contributed by atoms with van der Waals surface area (Å²) in [6.45, 7) is 4.47. The van der Waals surface area contributed by atoms with Gasteiger partial charge in [-0.25, -0.2) is 0 Å². The lowest BCUT2D eigenvalue weighted by Crippen LogP contribution is -2.55. The molecule has 8 heteroatoms. The molecule has 8 nitrogen and oxygen atoms in total. The van der Waals surface area contributed by atoms with Crippen LogP contribution in [0.2, 0.25) is 0 Å². The summed E-state index contributed by atoms with van der Waals surface area (Å²) in [4.78, 5) is 36.9. The van der Waals surface area contributed by atoms with E-state index >= 15 is 0 Å². The lowest BCUT2D eigenvalue weighted by Gasteiger charge is -2.34. The molecular formula is C50H85NO7. The Morgan fingerprint density at radius 2 is 0.983 bits per heavy atom. The van der Waals surface area contributed by atoms with E-state index in [0.717, 1.165) is 57.8 Å². The zero-order chi connectivity index (χ0) is 42.8. The number of nitrogens with zero attached hydrogens (tertiary/aromatic N) is 1. The smallest absolute Gasteiger partial charge is 0.306 e. The van der Waals surface area contributed by atoms with Gasteiger partial charge in [-0.05, 0) is 77.0 Å². The van der Waals surface area contributed by atoms with Crippen LogP contribution in [-0.4, -0.2) is 75.5 Å². The zero-order valence-electron chi connectivity index (χ0n) is 37.7. The van der Waals surface area contributed by atoms with Crippen LogP contribution in [0.1, 0.15) is 174 Å². The van der Waals surface area contributed by atoms with Crippen molar-refractivity contribution in [2.24, 2.45) is 0 Å². The molecule has 332 valence electrons. The van der Waals surface area contributed by atoms with E-state index in [2.05, 4.69) is 86.8 Å². The number of quaternary nitrogens is 1. The molecular weight excluding hydrogens is 727 g/mol. The number of unbranched alkanes of at least 4 members (excludes halogenated alkanes) is 14. The molecule has 2 atom stereocenters. The number of hydrogen-bond donors (Lipinski definition) is 0. The second-order valence-electron chi connectivity index (χ2n) is 16.3. The second kappa shape index (κ2) is 40.5. The van der Waals surface area contributed by atoms with E-state index in [4.69, 9.17) is 14.2 Å². The first-order chi connectivity index (χ1) is 28.1. The predicted molar refractivity (Wildman–Crippen MR) is 240 cm³/mol. The Labute approximate surface area is 355 Å². The van der Waals surface area contributed by atoms with Crippen molar-refractivity contribution in [2.45, 2.75) is 187 Å². The van der Waals surface area contributed by atoms with E-state index in [1.807, 2.05) is 0 Å². The highest BCUT2D eigenvalue weighted by molar-refractivity contribution is 5.70. The van der Waals surface area contributed by atoms with Gasteiger partial charge in [0.05, 0.1) is 40.3 Å². The fraction of sp³-hybridized carbons (Fsp3) is 0.700. The van der Waals surface area contributed by atoms with Gasteiger partial charge in [-0.3, -0.25) is 9.59 Å². The number of carbonyl (C=O) groups is 3. The Kier molecular flexibility index (Phi) is 38.3. The summed E-state index contributed by atoms with van der Waals surface area (Å²) in [6, 6.07) is -0.739. The Morgan fingerprint density at radius 1 is 0.534 bits per heavy atom. The average molecular weight is 812 g/mol. The van der Waals surface area contributed by atoms with Crippen LogP contribution in [0.25, 0.3) is 0 Å². The molecule has 0 bridgehead atoms. The summed E-state index contributed by atoms with van der Waals surface area (Å²) < 4.78 is 17.1. The van der Waals surface area contributed by atoms with Gasteiger partial charge < -0.3 is 28.6 Å². The van der Waals surface area contributed by atoms with Crippen molar-refractivity contribution in [3.05, 3.63) is 72.9 Å². The maximum Gasteiger partial charge on any atom is 0.306 e. The minimum absolute atomic E-state index is 0.0135. The molecule has 58 heavy (non-hydrogen) atoms. The number of esters is 2. The van der Waals surface area contributed by atoms with Crippen molar-refractivity contribution in [3.63, 3.8) is 0 Å². The van der Waals surface area contributed by atoms with Gasteiger partial charge in [-0.15, -0.1) is 0 Å². The molecule has 0 aliphatic heterocycles. The minimum atomic E-state index is -1.14. The van der Waals surface area contributed by atoms with E-state index < -0.39 is 18.1 Å². The van der Waals surface area contributed by atoms with Gasteiger partial charge in [0.1, 0.15) is 12.6 Å². The van der Waals surface area contributed by atoms with Crippen molar-refractivity contribution in [3.8, 4) is 0 Å². The van der Waals surface area contributed by atoms with Gasteiger partial charge >= 0.3 is 11.9 Å². The molecule has 0 aromatic heterocycles. The van der Waals surface area contributed by atoms with Crippen LogP contribution in [-0.2, 0) is 28.6 Å². The number of aliphatic carboxylic acids is 1. The number of carboxylic acids is 1. The number of rotatable bonds is 40. The summed E-state index contributed by atoms with van der Waals surface area (Å²) >= 11 is 0. The summed E-state index contributed by atoms with van der Waals surface area (Å²) in [7, 11) is 5.38. The largest absolute Gasteiger partial charge is 0.544 e. The summed E-state index contributed by atoms with van der Waals surface area (Å²) in [5.74, 6) is -1.82. The van der Waals surface area contributed by atoms with E-state index in [1.54, 1.807) is 21.1 Å². The highest BCUT2D eigenvalue weighted by atomic mass is 16.6. The van der Waals surface area contributed by atoms with Gasteiger partial charge in [-0.2, -0.15) is 0 Å². The predicted octanol–water partition coefficient (Wildman–Crippen LogP) is 11.4. The van der Waals surface area contributed by atoms with E-state index in [1.165, 1.54) is 77.0 Å². The Balaban J connectivity index is 4.43. The lowest BCUT2D eigenvalue weighted by molar-refractivity contribution is -0.889. The van der Waals surface area contributed by atoms with Crippen LogP contribution >= 0.6 is 0 Å². The molecule has 0 aromatic carbocycles. The average Bonchev–Trinajstić information content (AvgIpc) is 3.18. The first-order valence-corrected chi connectivity index (χ1v) is 23.0. The summed E-state index contributed by atoms with van der Waals surface area (Å²) in [5, 5.41) is 11.6. The number of carbonyl (C=O) groups excluding carboxylic acids is 3. The third-order valence-corrected chi connectivity index (χ3v) is 9.83. The maximum absolute atomic E-state index is 12.7. The number of carboxylic acid groups (broad SMARTS) is 1. The van der Waals surface area contributed by atoms with Crippen LogP contribution in [0.4, 0.5) is 0 Å². The van der Waals surface area contributed by atoms with Crippen molar-refractivity contribution < 1.29 is 38.2 Å². The SMILES string of the molecule is CC/C=C\C/C=C\C/C=C\C/C=C\C/C=C\CCCC(=O)OC(COCCC(C(=O)[O-])[N+](C)(C)C)COC(=O)CCCCCCCCC/C=C\CCCCCCCC. The normalized spacial score (nSPS) is 13.6. The van der Waals surface area contributed by atoms with Crippen molar-refractivity contribution in [1.29, 1.82) is 0 Å². The summed E-state index contributed by atoms with van der Waals surface area (Å²) in [6.07, 6.45) is 50.8. The Bertz CT molecular complexity index is 1180. The number of allylic oxidation sites excluding steroid dienone is 12. The molecule has 0 aromatic rings. The zero-order valence-corrected chi connectivity index (χ0v) is 37.7. The monoisotopic (exact) mass is 812 g/mol.